The summed E-state index contributed by atoms with van der Waals surface area (Å²) in [5.74, 6) is 1.40. The van der Waals surface area contributed by atoms with Crippen molar-refractivity contribution in [1.82, 2.24) is 9.55 Å². The van der Waals surface area contributed by atoms with Crippen LogP contribution in [0.1, 0.15) is 18.9 Å². The molecule has 112 valence electrons. The fourth-order valence-electron chi connectivity index (χ4n) is 2.79. The largest absolute Gasteiger partial charge is 0.384 e. The molecule has 1 aromatic heterocycles. The van der Waals surface area contributed by atoms with E-state index in [1.807, 2.05) is 19.4 Å². The van der Waals surface area contributed by atoms with E-state index < -0.39 is 10.8 Å². The zero-order chi connectivity index (χ0) is 14.7. The Balaban J connectivity index is 1.91. The molecule has 1 aromatic carbocycles. The van der Waals surface area contributed by atoms with Crippen LogP contribution >= 0.6 is 0 Å². The number of anilines is 1. The second-order valence-electron chi connectivity index (χ2n) is 5.27. The van der Waals surface area contributed by atoms with E-state index in [1.54, 1.807) is 0 Å². The third kappa shape index (κ3) is 3.02. The van der Waals surface area contributed by atoms with Crippen LogP contribution in [0.4, 0.5) is 5.69 Å². The molecule has 3 rings (SSSR count). The third-order valence-electron chi connectivity index (χ3n) is 3.95. The minimum Gasteiger partial charge on any atom is -0.384 e. The van der Waals surface area contributed by atoms with E-state index in [0.717, 1.165) is 25.2 Å². The number of imidazole rings is 1. The van der Waals surface area contributed by atoms with Gasteiger partial charge in [0.15, 0.2) is 0 Å². The van der Waals surface area contributed by atoms with Gasteiger partial charge in [-0.25, -0.2) is 4.98 Å². The molecule has 5 heteroatoms. The zero-order valence-electron chi connectivity index (χ0n) is 12.3. The Bertz CT molecular complexity index is 651. The molecule has 0 spiro atoms. The Morgan fingerprint density at radius 2 is 2.33 bits per heavy atom. The highest BCUT2D eigenvalue weighted by atomic mass is 32.2. The molecule has 0 saturated heterocycles. The third-order valence-corrected chi connectivity index (χ3v) is 5.23. The summed E-state index contributed by atoms with van der Waals surface area (Å²) in [6.45, 7) is 3.74. The van der Waals surface area contributed by atoms with Crippen molar-refractivity contribution in [3.63, 3.8) is 0 Å². The van der Waals surface area contributed by atoms with Gasteiger partial charge in [0.1, 0.15) is 0 Å². The molecule has 1 aliphatic heterocycles. The van der Waals surface area contributed by atoms with E-state index in [1.165, 1.54) is 23.2 Å². The highest BCUT2D eigenvalue weighted by Gasteiger charge is 2.16. The van der Waals surface area contributed by atoms with Crippen molar-refractivity contribution in [2.24, 2.45) is 0 Å². The SMILES string of the molecule is CCS(=O)CCn1cncc1-c1cccc2c1NCCC2. The van der Waals surface area contributed by atoms with E-state index in [4.69, 9.17) is 0 Å². The van der Waals surface area contributed by atoms with Crippen LogP contribution in [0.2, 0.25) is 0 Å². The predicted molar refractivity (Wildman–Crippen MR) is 88.0 cm³/mol. The van der Waals surface area contributed by atoms with Crippen LogP contribution in [0.3, 0.4) is 0 Å². The monoisotopic (exact) mass is 303 g/mol. The molecule has 0 saturated carbocycles. The molecular formula is C16H21N3OS. The first-order valence-electron chi connectivity index (χ1n) is 7.51. The summed E-state index contributed by atoms with van der Waals surface area (Å²) >= 11 is 0. The Labute approximate surface area is 128 Å². The zero-order valence-corrected chi connectivity index (χ0v) is 13.2. The number of fused-ring (bicyclic) bond motifs is 1. The van der Waals surface area contributed by atoms with Crippen molar-refractivity contribution in [2.75, 3.05) is 23.4 Å². The Hall–Kier alpha value is -1.62. The minimum absolute atomic E-state index is 0.683. The Morgan fingerprint density at radius 1 is 1.43 bits per heavy atom. The van der Waals surface area contributed by atoms with Gasteiger partial charge in [0.25, 0.3) is 0 Å². The second kappa shape index (κ2) is 6.43. The molecule has 21 heavy (non-hydrogen) atoms. The van der Waals surface area contributed by atoms with Crippen molar-refractivity contribution in [3.05, 3.63) is 36.3 Å². The first kappa shape index (κ1) is 14.3. The topological polar surface area (TPSA) is 46.9 Å². The number of para-hydroxylation sites is 1. The van der Waals surface area contributed by atoms with Crippen LogP contribution in [0.5, 0.6) is 0 Å². The lowest BCUT2D eigenvalue weighted by molar-refractivity contribution is 0.675. The van der Waals surface area contributed by atoms with Crippen LogP contribution in [-0.4, -0.2) is 31.8 Å². The van der Waals surface area contributed by atoms with Crippen LogP contribution in [0, 0.1) is 0 Å². The number of nitrogens with one attached hydrogen (secondary N) is 1. The molecule has 0 amide bonds. The molecule has 0 aliphatic carbocycles. The normalized spacial score (nSPS) is 15.3. The highest BCUT2D eigenvalue weighted by molar-refractivity contribution is 7.84. The summed E-state index contributed by atoms with van der Waals surface area (Å²) in [6.07, 6.45) is 6.06. The maximum absolute atomic E-state index is 11.7. The molecule has 1 aliphatic rings. The summed E-state index contributed by atoms with van der Waals surface area (Å²) in [4.78, 5) is 4.29. The quantitative estimate of drug-likeness (QED) is 0.924. The van der Waals surface area contributed by atoms with E-state index >= 15 is 0 Å². The fraction of sp³-hybridized carbons (Fsp3) is 0.438. The molecule has 0 radical (unpaired) electrons. The molecule has 2 heterocycles. The lowest BCUT2D eigenvalue weighted by atomic mass is 9.98. The minimum atomic E-state index is -0.742. The van der Waals surface area contributed by atoms with E-state index in [0.29, 0.717) is 11.5 Å². The number of rotatable bonds is 5. The number of benzene rings is 1. The molecule has 1 N–H and O–H groups in total. The molecule has 4 nitrogen and oxygen atoms in total. The number of hydrogen-bond acceptors (Lipinski definition) is 3. The van der Waals surface area contributed by atoms with Crippen molar-refractivity contribution >= 4 is 16.5 Å². The fourth-order valence-corrected chi connectivity index (χ4v) is 3.48. The van der Waals surface area contributed by atoms with Gasteiger partial charge in [0.2, 0.25) is 0 Å². The summed E-state index contributed by atoms with van der Waals surface area (Å²) < 4.78 is 13.8. The molecule has 0 fully saturated rings. The Morgan fingerprint density at radius 3 is 3.19 bits per heavy atom. The lowest BCUT2D eigenvalue weighted by Crippen LogP contribution is -2.14. The number of aromatic nitrogens is 2. The molecule has 0 bridgehead atoms. The van der Waals surface area contributed by atoms with Gasteiger partial charge in [-0.1, -0.05) is 25.1 Å². The average Bonchev–Trinajstić information content (AvgIpc) is 3.00. The van der Waals surface area contributed by atoms with Crippen molar-refractivity contribution in [2.45, 2.75) is 26.3 Å². The molecule has 1 atom stereocenters. The van der Waals surface area contributed by atoms with Crippen LogP contribution < -0.4 is 5.32 Å². The number of hydrogen-bond donors (Lipinski definition) is 1. The van der Waals surface area contributed by atoms with Crippen LogP contribution in [-0.2, 0) is 23.8 Å². The lowest BCUT2D eigenvalue weighted by Gasteiger charge is -2.21. The molecule has 1 unspecified atom stereocenters. The second-order valence-corrected chi connectivity index (χ2v) is 7.14. The first-order chi connectivity index (χ1) is 10.3. The summed E-state index contributed by atoms with van der Waals surface area (Å²) in [6, 6.07) is 6.45. The van der Waals surface area contributed by atoms with Gasteiger partial charge in [-0.15, -0.1) is 0 Å². The summed E-state index contributed by atoms with van der Waals surface area (Å²) in [5, 5.41) is 3.52. The first-order valence-corrected chi connectivity index (χ1v) is 8.99. The van der Waals surface area contributed by atoms with Gasteiger partial charge in [-0.2, -0.15) is 0 Å². The maximum atomic E-state index is 11.7. The van der Waals surface area contributed by atoms with Crippen molar-refractivity contribution in [3.8, 4) is 11.3 Å². The standard InChI is InChI=1S/C16H21N3OS/c1-2-21(20)10-9-19-12-17-11-15(19)14-7-3-5-13-6-4-8-18-16(13)14/h3,5,7,11-12,18H,2,4,6,8-10H2,1H3. The predicted octanol–water partition coefficient (Wildman–Crippen LogP) is 2.68. The van der Waals surface area contributed by atoms with Gasteiger partial charge in [-0.3, -0.25) is 4.21 Å². The number of nitrogens with zero attached hydrogens (tertiary/aromatic N) is 2. The molecular weight excluding hydrogens is 282 g/mol. The van der Waals surface area contributed by atoms with Crippen LogP contribution in [0.25, 0.3) is 11.3 Å². The van der Waals surface area contributed by atoms with Gasteiger partial charge in [0, 0.05) is 46.6 Å². The van der Waals surface area contributed by atoms with Crippen LogP contribution in [0.15, 0.2) is 30.7 Å². The van der Waals surface area contributed by atoms with E-state index in [-0.39, 0.29) is 0 Å². The highest BCUT2D eigenvalue weighted by Crippen LogP contribution is 2.33. The van der Waals surface area contributed by atoms with Crippen molar-refractivity contribution < 1.29 is 4.21 Å². The van der Waals surface area contributed by atoms with Gasteiger partial charge in [-0.05, 0) is 18.4 Å². The molecule has 2 aromatic rings. The average molecular weight is 303 g/mol. The Kier molecular flexibility index (Phi) is 4.39. The smallest absolute Gasteiger partial charge is 0.0951 e. The van der Waals surface area contributed by atoms with Crippen molar-refractivity contribution in [1.29, 1.82) is 0 Å². The van der Waals surface area contributed by atoms with Gasteiger partial charge in [0.05, 0.1) is 18.2 Å². The summed E-state index contributed by atoms with van der Waals surface area (Å²) in [7, 11) is -0.742. The van der Waals surface area contributed by atoms with E-state index in [2.05, 4.69) is 33.1 Å². The van der Waals surface area contributed by atoms with E-state index in [9.17, 15) is 4.21 Å². The maximum Gasteiger partial charge on any atom is 0.0951 e. The number of aryl methyl sites for hydroxylation is 2. The van der Waals surface area contributed by atoms with Gasteiger partial charge < -0.3 is 9.88 Å². The summed E-state index contributed by atoms with van der Waals surface area (Å²) in [5.41, 5.74) is 4.92. The van der Waals surface area contributed by atoms with Gasteiger partial charge >= 0.3 is 0 Å².